The Bertz CT molecular complexity index is 1070. The second kappa shape index (κ2) is 5.84. The van der Waals surface area contributed by atoms with Crippen molar-refractivity contribution in [2.24, 2.45) is 17.1 Å². The predicted molar refractivity (Wildman–Crippen MR) is 105 cm³/mol. The van der Waals surface area contributed by atoms with Crippen LogP contribution in [0.1, 0.15) is 24.8 Å². The summed E-state index contributed by atoms with van der Waals surface area (Å²) in [5.74, 6) is -0.854. The summed E-state index contributed by atoms with van der Waals surface area (Å²) < 4.78 is 0.891. The molecular weight excluding hydrogens is 453 g/mol. The number of carbonyl (C=O) groups is 1. The van der Waals surface area contributed by atoms with E-state index in [9.17, 15) is 20.6 Å². The van der Waals surface area contributed by atoms with E-state index in [1.54, 1.807) is 6.07 Å². The Morgan fingerprint density at radius 1 is 1.26 bits per heavy atom. The highest BCUT2D eigenvalue weighted by Crippen LogP contribution is 2.63. The number of nitriles is 3. The fraction of sp³-hybridized carbons (Fsp3) is 0.300. The summed E-state index contributed by atoms with van der Waals surface area (Å²) >= 11 is 2.15. The normalized spacial score (nSPS) is 27.6. The summed E-state index contributed by atoms with van der Waals surface area (Å²) in [4.78, 5) is 13.4. The fourth-order valence-electron chi connectivity index (χ4n) is 4.88. The number of hydrogen-bond donors (Lipinski definition) is 2. The first-order valence-electron chi connectivity index (χ1n) is 8.52. The van der Waals surface area contributed by atoms with E-state index in [1.807, 2.05) is 18.2 Å². The molecular formula is C20H14IN5O. The predicted octanol–water partition coefficient (Wildman–Crippen LogP) is 2.99. The lowest BCUT2D eigenvalue weighted by Crippen LogP contribution is -2.60. The van der Waals surface area contributed by atoms with Gasteiger partial charge in [0.25, 0.3) is 0 Å². The summed E-state index contributed by atoms with van der Waals surface area (Å²) in [7, 11) is 0. The van der Waals surface area contributed by atoms with Crippen molar-refractivity contribution in [3.8, 4) is 18.2 Å². The molecule has 4 rings (SSSR count). The number of fused-ring (bicyclic) bond motifs is 4. The molecule has 1 aromatic carbocycles. The van der Waals surface area contributed by atoms with E-state index in [0.717, 1.165) is 16.4 Å². The van der Waals surface area contributed by atoms with Crippen LogP contribution in [-0.4, -0.2) is 5.91 Å². The lowest BCUT2D eigenvalue weighted by atomic mass is 9.47. The monoisotopic (exact) mass is 467 g/mol. The van der Waals surface area contributed by atoms with Crippen LogP contribution in [0.4, 0.5) is 5.69 Å². The molecule has 0 aromatic heterocycles. The summed E-state index contributed by atoms with van der Waals surface area (Å²) in [6.45, 7) is 0. The number of nitrogens with zero attached hydrogens (tertiary/aromatic N) is 3. The Hall–Kier alpha value is -2.83. The van der Waals surface area contributed by atoms with Crippen molar-refractivity contribution >= 4 is 34.2 Å². The number of rotatable bonds is 0. The van der Waals surface area contributed by atoms with E-state index >= 15 is 0 Å². The minimum absolute atomic E-state index is 0.124. The highest BCUT2D eigenvalue weighted by Gasteiger charge is 2.70. The molecule has 2 unspecified atom stereocenters. The van der Waals surface area contributed by atoms with Crippen LogP contribution in [0.2, 0.25) is 0 Å². The Kier molecular flexibility index (Phi) is 3.80. The molecule has 1 spiro atoms. The molecule has 7 heteroatoms. The Morgan fingerprint density at radius 2 is 2.00 bits per heavy atom. The van der Waals surface area contributed by atoms with Gasteiger partial charge in [0.15, 0.2) is 0 Å². The quantitative estimate of drug-likeness (QED) is 0.568. The molecule has 27 heavy (non-hydrogen) atoms. The SMILES string of the molecule is N#CC1=C(N)C(C#N)(C#N)C2(C(=O)Nc3ccc(I)cc32)C2CCCC=C12. The number of amides is 1. The number of anilines is 1. The maximum absolute atomic E-state index is 13.4. The van der Waals surface area contributed by atoms with Crippen molar-refractivity contribution in [1.82, 2.24) is 0 Å². The molecule has 0 saturated heterocycles. The maximum atomic E-state index is 13.4. The molecule has 1 aromatic rings. The zero-order chi connectivity index (χ0) is 19.4. The van der Waals surface area contributed by atoms with E-state index in [-0.39, 0.29) is 11.3 Å². The van der Waals surface area contributed by atoms with Crippen LogP contribution in [-0.2, 0) is 10.2 Å². The minimum atomic E-state index is -1.95. The van der Waals surface area contributed by atoms with Gasteiger partial charge in [0, 0.05) is 15.2 Å². The molecule has 1 amide bonds. The van der Waals surface area contributed by atoms with Gasteiger partial charge in [-0.1, -0.05) is 6.08 Å². The van der Waals surface area contributed by atoms with Crippen LogP contribution in [0.3, 0.4) is 0 Å². The zero-order valence-electron chi connectivity index (χ0n) is 14.2. The lowest BCUT2D eigenvalue weighted by Gasteiger charge is -2.49. The zero-order valence-corrected chi connectivity index (χ0v) is 16.4. The number of carbonyl (C=O) groups excluding carboxylic acids is 1. The van der Waals surface area contributed by atoms with Gasteiger partial charge in [-0.25, -0.2) is 0 Å². The van der Waals surface area contributed by atoms with Crippen molar-refractivity contribution in [2.75, 3.05) is 5.32 Å². The van der Waals surface area contributed by atoms with Gasteiger partial charge in [0.2, 0.25) is 11.3 Å². The highest BCUT2D eigenvalue weighted by atomic mass is 127. The second-order valence-electron chi connectivity index (χ2n) is 6.97. The average molecular weight is 467 g/mol. The average Bonchev–Trinajstić information content (AvgIpc) is 2.96. The third kappa shape index (κ3) is 1.89. The molecule has 0 bridgehead atoms. The Morgan fingerprint density at radius 3 is 2.67 bits per heavy atom. The van der Waals surface area contributed by atoms with E-state index in [1.165, 1.54) is 0 Å². The van der Waals surface area contributed by atoms with Gasteiger partial charge in [-0.2, -0.15) is 15.8 Å². The van der Waals surface area contributed by atoms with Crippen LogP contribution in [0.25, 0.3) is 0 Å². The van der Waals surface area contributed by atoms with Gasteiger partial charge < -0.3 is 11.1 Å². The molecule has 3 aliphatic rings. The van der Waals surface area contributed by atoms with Crippen LogP contribution < -0.4 is 11.1 Å². The molecule has 0 radical (unpaired) electrons. The molecule has 132 valence electrons. The molecule has 2 atom stereocenters. The van der Waals surface area contributed by atoms with Crippen LogP contribution in [0, 0.1) is 48.9 Å². The number of hydrogen-bond acceptors (Lipinski definition) is 5. The van der Waals surface area contributed by atoms with E-state index in [2.05, 4.69) is 46.1 Å². The van der Waals surface area contributed by atoms with Gasteiger partial charge in [-0.05, 0) is 71.2 Å². The number of halogens is 1. The number of nitrogens with one attached hydrogen (secondary N) is 1. The van der Waals surface area contributed by atoms with E-state index in [4.69, 9.17) is 5.73 Å². The lowest BCUT2D eigenvalue weighted by molar-refractivity contribution is -0.125. The minimum Gasteiger partial charge on any atom is -0.399 e. The number of nitrogens with two attached hydrogens (primary N) is 1. The van der Waals surface area contributed by atoms with Crippen molar-refractivity contribution in [2.45, 2.75) is 24.7 Å². The maximum Gasteiger partial charge on any atom is 0.238 e. The van der Waals surface area contributed by atoms with E-state index < -0.39 is 22.7 Å². The fourth-order valence-corrected chi connectivity index (χ4v) is 5.37. The Balaban J connectivity index is 2.21. The molecule has 6 nitrogen and oxygen atoms in total. The van der Waals surface area contributed by atoms with Gasteiger partial charge in [0.05, 0.1) is 23.4 Å². The molecule has 2 aliphatic carbocycles. The summed E-state index contributed by atoms with van der Waals surface area (Å²) in [5.41, 5.74) is 4.81. The van der Waals surface area contributed by atoms with Crippen LogP contribution in [0.15, 0.2) is 41.1 Å². The van der Waals surface area contributed by atoms with Crippen molar-refractivity contribution in [3.05, 3.63) is 50.3 Å². The van der Waals surface area contributed by atoms with Gasteiger partial charge >= 0.3 is 0 Å². The van der Waals surface area contributed by atoms with Gasteiger partial charge in [-0.15, -0.1) is 0 Å². The molecule has 3 N–H and O–H groups in total. The smallest absolute Gasteiger partial charge is 0.238 e. The third-order valence-corrected chi connectivity index (χ3v) is 6.64. The molecule has 0 saturated carbocycles. The summed E-state index contributed by atoms with van der Waals surface area (Å²) in [6, 6.07) is 11.7. The second-order valence-corrected chi connectivity index (χ2v) is 8.21. The standard InChI is InChI=1S/C20H14IN5O/c21-11-5-6-16-15(7-11)20(18(27)26-16)14-4-2-1-3-12(14)13(8-22)17(25)19(20,9-23)10-24/h3,5-7,14H,1-2,4,25H2,(H,26,27). The van der Waals surface area contributed by atoms with Gasteiger partial charge in [0.1, 0.15) is 11.5 Å². The topological polar surface area (TPSA) is 126 Å². The molecule has 1 aliphatic heterocycles. The van der Waals surface area contributed by atoms with E-state index in [0.29, 0.717) is 23.2 Å². The van der Waals surface area contributed by atoms with Gasteiger partial charge in [-0.3, -0.25) is 4.79 Å². The highest BCUT2D eigenvalue weighted by molar-refractivity contribution is 14.1. The Labute approximate surface area is 170 Å². The molecule has 1 heterocycles. The van der Waals surface area contributed by atoms with Crippen molar-refractivity contribution in [1.29, 1.82) is 15.8 Å². The van der Waals surface area contributed by atoms with Crippen LogP contribution >= 0.6 is 22.6 Å². The third-order valence-electron chi connectivity index (χ3n) is 5.97. The number of allylic oxidation sites excluding steroid dienone is 4. The first kappa shape index (κ1) is 17.6. The molecule has 0 fully saturated rings. The first-order valence-corrected chi connectivity index (χ1v) is 9.60. The van der Waals surface area contributed by atoms with Crippen LogP contribution in [0.5, 0.6) is 0 Å². The van der Waals surface area contributed by atoms with Crippen molar-refractivity contribution < 1.29 is 4.79 Å². The summed E-state index contributed by atoms with van der Waals surface area (Å²) in [6.07, 6.45) is 4.12. The summed E-state index contributed by atoms with van der Waals surface area (Å²) in [5, 5.41) is 32.9. The van der Waals surface area contributed by atoms with Crippen molar-refractivity contribution in [3.63, 3.8) is 0 Å². The first-order chi connectivity index (χ1) is 13.0. The number of benzene rings is 1. The largest absolute Gasteiger partial charge is 0.399 e.